The second-order valence-electron chi connectivity index (χ2n) is 7.71. The average molecular weight is 394 g/mol. The third kappa shape index (κ3) is 5.04. The summed E-state index contributed by atoms with van der Waals surface area (Å²) in [6.45, 7) is 6.71. The summed E-state index contributed by atoms with van der Waals surface area (Å²) in [5.41, 5.74) is 4.68. The molecule has 0 aromatic heterocycles. The van der Waals surface area contributed by atoms with Crippen molar-refractivity contribution in [1.82, 2.24) is 15.1 Å². The van der Waals surface area contributed by atoms with E-state index in [1.807, 2.05) is 28.9 Å². The van der Waals surface area contributed by atoms with E-state index in [2.05, 4.69) is 48.6 Å². The minimum absolute atomic E-state index is 0.0510. The predicted octanol–water partition coefficient (Wildman–Crippen LogP) is 2.73. The Morgan fingerprint density at radius 2 is 1.83 bits per heavy atom. The van der Waals surface area contributed by atoms with E-state index in [9.17, 15) is 9.59 Å². The average Bonchev–Trinajstić information content (AvgIpc) is 2.88. The number of benzene rings is 2. The monoisotopic (exact) mass is 393 g/mol. The maximum Gasteiger partial charge on any atom is 0.236 e. The van der Waals surface area contributed by atoms with Gasteiger partial charge in [-0.05, 0) is 44.0 Å². The largest absolute Gasteiger partial charge is 0.341 e. The molecule has 1 aliphatic rings. The lowest BCUT2D eigenvalue weighted by molar-refractivity contribution is -0.134. The van der Waals surface area contributed by atoms with Crippen molar-refractivity contribution in [3.8, 4) is 11.1 Å². The van der Waals surface area contributed by atoms with E-state index in [4.69, 9.17) is 0 Å². The quantitative estimate of drug-likeness (QED) is 0.821. The highest BCUT2D eigenvalue weighted by Crippen LogP contribution is 2.27. The highest BCUT2D eigenvalue weighted by atomic mass is 16.2. The van der Waals surface area contributed by atoms with Crippen LogP contribution >= 0.6 is 0 Å². The third-order valence-corrected chi connectivity index (χ3v) is 5.65. The number of amides is 2. The van der Waals surface area contributed by atoms with E-state index in [-0.39, 0.29) is 17.7 Å². The molecule has 3 rings (SSSR count). The van der Waals surface area contributed by atoms with Crippen molar-refractivity contribution in [2.24, 2.45) is 5.92 Å². The molecule has 0 radical (unpaired) electrons. The fraction of sp³-hybridized carbons (Fsp3) is 0.417. The molecular formula is C24H31N3O2. The molecule has 1 saturated heterocycles. The molecule has 0 saturated carbocycles. The van der Waals surface area contributed by atoms with Crippen molar-refractivity contribution in [2.75, 3.05) is 39.8 Å². The first-order valence-electron chi connectivity index (χ1n) is 10.4. The van der Waals surface area contributed by atoms with Crippen LogP contribution in [0, 0.1) is 12.8 Å². The molecule has 0 unspecified atom stereocenters. The van der Waals surface area contributed by atoms with Crippen molar-refractivity contribution < 1.29 is 9.59 Å². The predicted molar refractivity (Wildman–Crippen MR) is 117 cm³/mol. The Balaban J connectivity index is 1.89. The first kappa shape index (κ1) is 21.1. The van der Waals surface area contributed by atoms with Gasteiger partial charge in [0.15, 0.2) is 0 Å². The molecule has 0 bridgehead atoms. The van der Waals surface area contributed by atoms with Gasteiger partial charge in [0.05, 0.1) is 12.5 Å². The van der Waals surface area contributed by atoms with Gasteiger partial charge in [0, 0.05) is 26.2 Å². The molecule has 1 atom stereocenters. The van der Waals surface area contributed by atoms with E-state index >= 15 is 0 Å². The number of rotatable bonds is 6. The number of likely N-dealkylation sites (N-methyl/N-ethyl adjacent to an activating group) is 2. The van der Waals surface area contributed by atoms with Crippen LogP contribution in [-0.4, -0.2) is 61.4 Å². The standard InChI is InChI=1S/C24H31N3O2/c1-4-26-13-14-27(23(28)16-25-3)17-21(24(26)29)15-20-7-5-6-8-22(20)19-11-9-18(2)10-12-19/h5-12,21,25H,4,13-17H2,1-3H3/t21-/m1/s1. The molecule has 2 aromatic carbocycles. The second-order valence-corrected chi connectivity index (χ2v) is 7.71. The van der Waals surface area contributed by atoms with Crippen LogP contribution in [-0.2, 0) is 16.0 Å². The number of hydrogen-bond acceptors (Lipinski definition) is 3. The summed E-state index contributed by atoms with van der Waals surface area (Å²) in [4.78, 5) is 29.4. The van der Waals surface area contributed by atoms with E-state index in [0.29, 0.717) is 39.1 Å². The zero-order valence-corrected chi connectivity index (χ0v) is 17.6. The molecule has 1 heterocycles. The summed E-state index contributed by atoms with van der Waals surface area (Å²) in [6, 6.07) is 16.8. The van der Waals surface area contributed by atoms with Crippen LogP contribution in [0.1, 0.15) is 18.1 Å². The number of nitrogens with zero attached hydrogens (tertiary/aromatic N) is 2. The minimum Gasteiger partial charge on any atom is -0.341 e. The molecule has 2 aromatic rings. The number of nitrogens with one attached hydrogen (secondary N) is 1. The number of hydrogen-bond donors (Lipinski definition) is 1. The van der Waals surface area contributed by atoms with E-state index in [0.717, 1.165) is 16.7 Å². The van der Waals surface area contributed by atoms with Crippen LogP contribution in [0.15, 0.2) is 48.5 Å². The molecule has 154 valence electrons. The Morgan fingerprint density at radius 3 is 2.52 bits per heavy atom. The van der Waals surface area contributed by atoms with E-state index < -0.39 is 0 Å². The number of carbonyl (C=O) groups excluding carboxylic acids is 2. The molecule has 1 N–H and O–H groups in total. The number of carbonyl (C=O) groups is 2. The van der Waals surface area contributed by atoms with Crippen LogP contribution in [0.25, 0.3) is 11.1 Å². The summed E-state index contributed by atoms with van der Waals surface area (Å²) >= 11 is 0. The van der Waals surface area contributed by atoms with Gasteiger partial charge in [-0.25, -0.2) is 0 Å². The van der Waals surface area contributed by atoms with Crippen molar-refractivity contribution in [2.45, 2.75) is 20.3 Å². The third-order valence-electron chi connectivity index (χ3n) is 5.65. The van der Waals surface area contributed by atoms with Crippen molar-refractivity contribution in [3.05, 3.63) is 59.7 Å². The lowest BCUT2D eigenvalue weighted by Crippen LogP contribution is -2.41. The maximum atomic E-state index is 13.2. The van der Waals surface area contributed by atoms with Crippen molar-refractivity contribution in [1.29, 1.82) is 0 Å². The first-order chi connectivity index (χ1) is 14.0. The van der Waals surface area contributed by atoms with Gasteiger partial charge in [-0.1, -0.05) is 54.1 Å². The molecule has 0 aliphatic carbocycles. The van der Waals surface area contributed by atoms with Gasteiger partial charge < -0.3 is 15.1 Å². The summed E-state index contributed by atoms with van der Waals surface area (Å²) < 4.78 is 0. The van der Waals surface area contributed by atoms with Gasteiger partial charge in [0.2, 0.25) is 11.8 Å². The van der Waals surface area contributed by atoms with E-state index in [1.54, 1.807) is 7.05 Å². The highest BCUT2D eigenvalue weighted by molar-refractivity contribution is 5.83. The topological polar surface area (TPSA) is 52.6 Å². The van der Waals surface area contributed by atoms with Gasteiger partial charge in [0.1, 0.15) is 0 Å². The van der Waals surface area contributed by atoms with Crippen LogP contribution in [0.3, 0.4) is 0 Å². The lowest BCUT2D eigenvalue weighted by atomic mass is 9.91. The highest BCUT2D eigenvalue weighted by Gasteiger charge is 2.31. The lowest BCUT2D eigenvalue weighted by Gasteiger charge is -2.24. The molecule has 29 heavy (non-hydrogen) atoms. The smallest absolute Gasteiger partial charge is 0.236 e. The SMILES string of the molecule is CCN1CCN(C(=O)CNC)C[C@@H](Cc2ccccc2-c2ccc(C)cc2)C1=O. The fourth-order valence-electron chi connectivity index (χ4n) is 3.98. The molecule has 1 aliphatic heterocycles. The maximum absolute atomic E-state index is 13.2. The summed E-state index contributed by atoms with van der Waals surface area (Å²) in [7, 11) is 1.77. The van der Waals surface area contributed by atoms with Crippen LogP contribution in [0.4, 0.5) is 0 Å². The summed E-state index contributed by atoms with van der Waals surface area (Å²) in [6.07, 6.45) is 0.628. The van der Waals surface area contributed by atoms with Crippen molar-refractivity contribution in [3.63, 3.8) is 0 Å². The minimum atomic E-state index is -0.232. The summed E-state index contributed by atoms with van der Waals surface area (Å²) in [5.74, 6) is -0.0362. The molecular weight excluding hydrogens is 362 g/mol. The number of aryl methyl sites for hydroxylation is 1. The van der Waals surface area contributed by atoms with Crippen molar-refractivity contribution >= 4 is 11.8 Å². The van der Waals surface area contributed by atoms with Crippen LogP contribution in [0.5, 0.6) is 0 Å². The molecule has 2 amide bonds. The zero-order valence-electron chi connectivity index (χ0n) is 17.6. The Bertz CT molecular complexity index is 847. The summed E-state index contributed by atoms with van der Waals surface area (Å²) in [5, 5.41) is 2.93. The Labute approximate surface area is 173 Å². The molecule has 5 nitrogen and oxygen atoms in total. The van der Waals surface area contributed by atoms with E-state index in [1.165, 1.54) is 5.56 Å². The van der Waals surface area contributed by atoms with Gasteiger partial charge in [-0.2, -0.15) is 0 Å². The Hall–Kier alpha value is -2.66. The van der Waals surface area contributed by atoms with Gasteiger partial charge >= 0.3 is 0 Å². The Morgan fingerprint density at radius 1 is 1.10 bits per heavy atom. The van der Waals surface area contributed by atoms with Gasteiger partial charge in [-0.3, -0.25) is 9.59 Å². The zero-order chi connectivity index (χ0) is 20.8. The molecule has 1 fully saturated rings. The van der Waals surface area contributed by atoms with Gasteiger partial charge in [0.25, 0.3) is 0 Å². The van der Waals surface area contributed by atoms with Crippen LogP contribution < -0.4 is 5.32 Å². The molecule has 5 heteroatoms. The first-order valence-corrected chi connectivity index (χ1v) is 10.4. The van der Waals surface area contributed by atoms with Gasteiger partial charge in [-0.15, -0.1) is 0 Å². The van der Waals surface area contributed by atoms with Crippen LogP contribution in [0.2, 0.25) is 0 Å². The normalized spacial score (nSPS) is 17.3. The fourth-order valence-corrected chi connectivity index (χ4v) is 3.98. The Kier molecular flexibility index (Phi) is 7.04. The molecule has 0 spiro atoms. The second kappa shape index (κ2) is 9.70.